The zero-order valence-corrected chi connectivity index (χ0v) is 9.28. The van der Waals surface area contributed by atoms with Gasteiger partial charge in [-0.2, -0.15) is 0 Å². The summed E-state index contributed by atoms with van der Waals surface area (Å²) in [7, 11) is 0. The first-order valence-corrected chi connectivity index (χ1v) is 4.99. The van der Waals surface area contributed by atoms with Crippen molar-refractivity contribution < 1.29 is 14.6 Å². The molecule has 0 aromatic carbocycles. The molecule has 1 fully saturated rings. The van der Waals surface area contributed by atoms with Crippen LogP contribution in [0.5, 0.6) is 0 Å². The van der Waals surface area contributed by atoms with Gasteiger partial charge in [-0.1, -0.05) is 0 Å². The summed E-state index contributed by atoms with van der Waals surface area (Å²) in [5.74, 6) is 0. The Bertz CT molecular complexity index is 220. The van der Waals surface area contributed by atoms with E-state index in [-0.39, 0.29) is 12.1 Å². The Kier molecular flexibility index (Phi) is 3.04. The van der Waals surface area contributed by atoms with Gasteiger partial charge in [-0.25, -0.2) is 4.79 Å². The molecule has 1 heterocycles. The van der Waals surface area contributed by atoms with Crippen molar-refractivity contribution in [3.05, 3.63) is 0 Å². The molecule has 2 atom stereocenters. The van der Waals surface area contributed by atoms with E-state index in [0.29, 0.717) is 6.54 Å². The van der Waals surface area contributed by atoms with Gasteiger partial charge in [0, 0.05) is 6.54 Å². The summed E-state index contributed by atoms with van der Waals surface area (Å²) < 4.78 is 5.20. The molecular formula is C10H19NO3. The lowest BCUT2D eigenvalue weighted by molar-refractivity contribution is -0.0355. The molecule has 4 nitrogen and oxygen atoms in total. The van der Waals surface area contributed by atoms with Crippen LogP contribution in [0.2, 0.25) is 0 Å². The number of ether oxygens (including phenoxy) is 1. The molecule has 1 saturated heterocycles. The van der Waals surface area contributed by atoms with Crippen molar-refractivity contribution in [3.63, 3.8) is 0 Å². The molecule has 1 aliphatic rings. The van der Waals surface area contributed by atoms with Gasteiger partial charge in [0.2, 0.25) is 0 Å². The molecule has 0 saturated carbocycles. The van der Waals surface area contributed by atoms with Crippen molar-refractivity contribution in [1.29, 1.82) is 0 Å². The third kappa shape index (κ3) is 2.61. The molecule has 0 bridgehead atoms. The highest BCUT2D eigenvalue weighted by molar-refractivity contribution is 5.69. The predicted octanol–water partition coefficient (Wildman–Crippen LogP) is 1.38. The summed E-state index contributed by atoms with van der Waals surface area (Å²) in [5.41, 5.74) is -0.462. The standard InChI is InChI=1S/C10H19NO3/c1-7(12)8-5-6-11(8)9(13)14-10(2,3)4/h7-8,12H,5-6H2,1-4H3. The van der Waals surface area contributed by atoms with Gasteiger partial charge in [0.25, 0.3) is 0 Å². The second-order valence-electron chi connectivity index (χ2n) is 4.77. The normalized spacial score (nSPS) is 24.1. The minimum atomic E-state index is -0.476. The van der Waals surface area contributed by atoms with Gasteiger partial charge in [0.1, 0.15) is 5.60 Å². The molecule has 0 aliphatic carbocycles. The molecule has 1 N–H and O–H groups in total. The highest BCUT2D eigenvalue weighted by Gasteiger charge is 2.37. The first-order valence-electron chi connectivity index (χ1n) is 4.99. The minimum absolute atomic E-state index is 0.0650. The zero-order chi connectivity index (χ0) is 10.9. The van der Waals surface area contributed by atoms with Crippen LogP contribution < -0.4 is 0 Å². The number of aliphatic hydroxyl groups is 1. The molecule has 1 rings (SSSR count). The van der Waals surface area contributed by atoms with E-state index >= 15 is 0 Å². The van der Waals surface area contributed by atoms with Gasteiger partial charge in [-0.15, -0.1) is 0 Å². The number of hydrogen-bond donors (Lipinski definition) is 1. The Labute approximate surface area is 84.8 Å². The Hall–Kier alpha value is -0.770. The highest BCUT2D eigenvalue weighted by atomic mass is 16.6. The number of likely N-dealkylation sites (tertiary alicyclic amines) is 1. The zero-order valence-electron chi connectivity index (χ0n) is 9.28. The van der Waals surface area contributed by atoms with Gasteiger partial charge in [-0.05, 0) is 34.1 Å². The fraction of sp³-hybridized carbons (Fsp3) is 0.900. The maximum atomic E-state index is 11.5. The van der Waals surface area contributed by atoms with E-state index in [4.69, 9.17) is 4.74 Å². The van der Waals surface area contributed by atoms with Crippen LogP contribution in [0.4, 0.5) is 4.79 Å². The highest BCUT2D eigenvalue weighted by Crippen LogP contribution is 2.23. The predicted molar refractivity (Wildman–Crippen MR) is 53.0 cm³/mol. The van der Waals surface area contributed by atoms with Crippen LogP contribution in [0.3, 0.4) is 0 Å². The number of carbonyl (C=O) groups excluding carboxylic acids is 1. The second kappa shape index (κ2) is 3.77. The van der Waals surface area contributed by atoms with E-state index in [2.05, 4.69) is 0 Å². The quantitative estimate of drug-likeness (QED) is 0.697. The average molecular weight is 201 g/mol. The largest absolute Gasteiger partial charge is 0.444 e. The van der Waals surface area contributed by atoms with E-state index in [1.165, 1.54) is 0 Å². The van der Waals surface area contributed by atoms with E-state index in [9.17, 15) is 9.90 Å². The van der Waals surface area contributed by atoms with Crippen molar-refractivity contribution in [2.75, 3.05) is 6.54 Å². The first-order chi connectivity index (χ1) is 6.31. The van der Waals surface area contributed by atoms with Gasteiger partial charge >= 0.3 is 6.09 Å². The maximum Gasteiger partial charge on any atom is 0.410 e. The molecule has 0 aromatic rings. The maximum absolute atomic E-state index is 11.5. The van der Waals surface area contributed by atoms with Crippen LogP contribution in [-0.4, -0.2) is 40.4 Å². The van der Waals surface area contributed by atoms with E-state index in [1.807, 2.05) is 20.8 Å². The summed E-state index contributed by atoms with van der Waals surface area (Å²) >= 11 is 0. The molecule has 1 amide bonds. The summed E-state index contributed by atoms with van der Waals surface area (Å²) in [4.78, 5) is 13.1. The fourth-order valence-electron chi connectivity index (χ4n) is 1.46. The van der Waals surface area contributed by atoms with Crippen molar-refractivity contribution in [2.24, 2.45) is 0 Å². The lowest BCUT2D eigenvalue weighted by Crippen LogP contribution is -2.57. The number of rotatable bonds is 1. The SMILES string of the molecule is CC(O)C1CCN1C(=O)OC(C)(C)C. The smallest absolute Gasteiger partial charge is 0.410 e. The molecule has 0 radical (unpaired) electrons. The summed E-state index contributed by atoms with van der Waals surface area (Å²) in [6.45, 7) is 7.89. The van der Waals surface area contributed by atoms with Crippen molar-refractivity contribution in [1.82, 2.24) is 4.90 Å². The van der Waals surface area contributed by atoms with Crippen LogP contribution in [0.1, 0.15) is 34.1 Å². The van der Waals surface area contributed by atoms with Crippen molar-refractivity contribution >= 4 is 6.09 Å². The van der Waals surface area contributed by atoms with E-state index in [0.717, 1.165) is 6.42 Å². The van der Waals surface area contributed by atoms with Crippen molar-refractivity contribution in [2.45, 2.75) is 51.9 Å². The van der Waals surface area contributed by atoms with E-state index < -0.39 is 11.7 Å². The third-order valence-corrected chi connectivity index (χ3v) is 2.25. The van der Waals surface area contributed by atoms with Gasteiger partial charge in [0.15, 0.2) is 0 Å². The average Bonchev–Trinajstić information content (AvgIpc) is 1.75. The Balaban J connectivity index is 2.46. The van der Waals surface area contributed by atoms with Crippen LogP contribution in [0.15, 0.2) is 0 Å². The molecule has 14 heavy (non-hydrogen) atoms. The first kappa shape index (κ1) is 11.3. The minimum Gasteiger partial charge on any atom is -0.444 e. The molecule has 4 heteroatoms. The van der Waals surface area contributed by atoms with E-state index in [1.54, 1.807) is 11.8 Å². The number of hydrogen-bond acceptors (Lipinski definition) is 3. The van der Waals surface area contributed by atoms with Crippen LogP contribution in [-0.2, 0) is 4.74 Å². The number of aliphatic hydroxyl groups excluding tert-OH is 1. The molecule has 82 valence electrons. The molecule has 0 spiro atoms. The number of nitrogens with zero attached hydrogens (tertiary/aromatic N) is 1. The summed E-state index contributed by atoms with van der Waals surface area (Å²) in [6, 6.07) is -0.0650. The summed E-state index contributed by atoms with van der Waals surface area (Å²) in [6.07, 6.45) is 0.0580. The molecule has 1 aliphatic heterocycles. The fourth-order valence-corrected chi connectivity index (χ4v) is 1.46. The van der Waals surface area contributed by atoms with Gasteiger partial charge in [-0.3, -0.25) is 0 Å². The van der Waals surface area contributed by atoms with Crippen LogP contribution in [0.25, 0.3) is 0 Å². The topological polar surface area (TPSA) is 49.8 Å². The van der Waals surface area contributed by atoms with Crippen molar-refractivity contribution in [3.8, 4) is 0 Å². The third-order valence-electron chi connectivity index (χ3n) is 2.25. The lowest BCUT2D eigenvalue weighted by atomic mass is 9.99. The second-order valence-corrected chi connectivity index (χ2v) is 4.77. The Morgan fingerprint density at radius 2 is 2.14 bits per heavy atom. The molecule has 2 unspecified atom stereocenters. The van der Waals surface area contributed by atoms with Crippen LogP contribution >= 0.6 is 0 Å². The number of amides is 1. The molecule has 0 aromatic heterocycles. The monoisotopic (exact) mass is 201 g/mol. The lowest BCUT2D eigenvalue weighted by Gasteiger charge is -2.42. The summed E-state index contributed by atoms with van der Waals surface area (Å²) in [5, 5.41) is 9.34. The number of carbonyl (C=O) groups is 1. The Morgan fingerprint density at radius 3 is 2.43 bits per heavy atom. The van der Waals surface area contributed by atoms with Gasteiger partial charge in [0.05, 0.1) is 12.1 Å². The molecular weight excluding hydrogens is 182 g/mol. The van der Waals surface area contributed by atoms with Crippen LogP contribution in [0, 0.1) is 0 Å². The van der Waals surface area contributed by atoms with Gasteiger partial charge < -0.3 is 14.7 Å². The Morgan fingerprint density at radius 1 is 1.57 bits per heavy atom.